The zero-order chi connectivity index (χ0) is 7.84. The molecule has 0 atom stereocenters. The van der Waals surface area contributed by atoms with E-state index in [0.717, 1.165) is 4.96 Å². The van der Waals surface area contributed by atoms with Gasteiger partial charge in [-0.25, -0.2) is 0 Å². The molecule has 0 bridgehead atoms. The van der Waals surface area contributed by atoms with Crippen molar-refractivity contribution in [1.82, 2.24) is 14.6 Å². The Kier molecular flexibility index (Phi) is 1.16. The second-order valence-electron chi connectivity index (χ2n) is 1.99. The van der Waals surface area contributed by atoms with E-state index in [9.17, 15) is 0 Å². The van der Waals surface area contributed by atoms with Crippen LogP contribution in [0.15, 0.2) is 11.6 Å². The van der Waals surface area contributed by atoms with Gasteiger partial charge in [-0.2, -0.15) is 0 Å². The minimum absolute atomic E-state index is 0.0594. The lowest BCUT2D eigenvalue weighted by molar-refractivity contribution is 1.06. The number of nitrogens with two attached hydrogens (primary N) is 1. The van der Waals surface area contributed by atoms with Gasteiger partial charge in [0.05, 0.1) is 0 Å². The molecule has 2 rings (SSSR count). The summed E-state index contributed by atoms with van der Waals surface area (Å²) in [6, 6.07) is 0. The number of rotatable bonds is 1. The van der Waals surface area contributed by atoms with Gasteiger partial charge < -0.3 is 5.73 Å². The van der Waals surface area contributed by atoms with Crippen molar-refractivity contribution in [3.8, 4) is 0 Å². The topological polar surface area (TPSA) is 80.1 Å². The number of aromatic nitrogens is 3. The zero-order valence-electron chi connectivity index (χ0n) is 5.48. The van der Waals surface area contributed by atoms with Crippen molar-refractivity contribution in [2.75, 3.05) is 0 Å². The van der Waals surface area contributed by atoms with E-state index in [-0.39, 0.29) is 5.84 Å². The Bertz CT molecular complexity index is 400. The van der Waals surface area contributed by atoms with Crippen LogP contribution in [-0.4, -0.2) is 20.4 Å². The van der Waals surface area contributed by atoms with Crippen molar-refractivity contribution in [2.45, 2.75) is 0 Å². The summed E-state index contributed by atoms with van der Waals surface area (Å²) >= 11 is 1.46. The molecule has 0 aromatic carbocycles. The zero-order valence-corrected chi connectivity index (χ0v) is 6.30. The Labute approximate surface area is 66.0 Å². The summed E-state index contributed by atoms with van der Waals surface area (Å²) in [7, 11) is 0. The van der Waals surface area contributed by atoms with E-state index in [1.165, 1.54) is 11.3 Å². The fourth-order valence-corrected chi connectivity index (χ4v) is 1.48. The molecule has 0 aliphatic carbocycles. The number of fused-ring (bicyclic) bond motifs is 1. The summed E-state index contributed by atoms with van der Waals surface area (Å²) in [6.07, 6.45) is 1.79. The fraction of sp³-hybridized carbons (Fsp3) is 0. The highest BCUT2D eigenvalue weighted by atomic mass is 32.1. The van der Waals surface area contributed by atoms with Gasteiger partial charge in [-0.1, -0.05) is 0 Å². The van der Waals surface area contributed by atoms with E-state index in [1.54, 1.807) is 10.6 Å². The van der Waals surface area contributed by atoms with Crippen LogP contribution in [0.3, 0.4) is 0 Å². The van der Waals surface area contributed by atoms with Crippen molar-refractivity contribution in [3.05, 3.63) is 17.4 Å². The summed E-state index contributed by atoms with van der Waals surface area (Å²) < 4.78 is 1.69. The highest BCUT2D eigenvalue weighted by Gasteiger charge is 2.07. The average molecular weight is 167 g/mol. The molecule has 0 aliphatic heterocycles. The number of nitrogen functional groups attached to an aromatic ring is 1. The number of nitrogens with zero attached hydrogens (tertiary/aromatic N) is 3. The van der Waals surface area contributed by atoms with E-state index in [2.05, 4.69) is 10.2 Å². The molecule has 0 amide bonds. The smallest absolute Gasteiger partial charge is 0.216 e. The number of amidine groups is 1. The highest BCUT2D eigenvalue weighted by molar-refractivity contribution is 7.15. The van der Waals surface area contributed by atoms with Gasteiger partial charge >= 0.3 is 0 Å². The molecule has 0 unspecified atom stereocenters. The van der Waals surface area contributed by atoms with Crippen LogP contribution in [0.25, 0.3) is 4.96 Å². The predicted octanol–water partition coefficient (Wildman–Crippen LogP) is 0.0749. The minimum atomic E-state index is -0.0594. The molecule has 0 spiro atoms. The second-order valence-corrected chi connectivity index (χ2v) is 2.87. The third-order valence-electron chi connectivity index (χ3n) is 1.29. The predicted molar refractivity (Wildman–Crippen MR) is 41.9 cm³/mol. The van der Waals surface area contributed by atoms with E-state index < -0.39 is 0 Å². The molecule has 0 aliphatic rings. The SMILES string of the molecule is N=C(N)c1nnc2sccn12. The minimum Gasteiger partial charge on any atom is -0.381 e. The first-order valence-corrected chi connectivity index (χ1v) is 3.79. The summed E-state index contributed by atoms with van der Waals surface area (Å²) in [5.41, 5.74) is 5.25. The monoisotopic (exact) mass is 167 g/mol. The molecule has 3 N–H and O–H groups in total. The summed E-state index contributed by atoms with van der Waals surface area (Å²) in [4.78, 5) is 0.759. The Morgan fingerprint density at radius 1 is 1.64 bits per heavy atom. The van der Waals surface area contributed by atoms with Gasteiger partial charge in [0.2, 0.25) is 10.8 Å². The van der Waals surface area contributed by atoms with Gasteiger partial charge in [0.15, 0.2) is 5.84 Å². The molecule has 0 saturated carbocycles. The first kappa shape index (κ1) is 6.29. The van der Waals surface area contributed by atoms with Crippen LogP contribution in [-0.2, 0) is 0 Å². The van der Waals surface area contributed by atoms with E-state index >= 15 is 0 Å². The van der Waals surface area contributed by atoms with Crippen LogP contribution in [0.4, 0.5) is 0 Å². The summed E-state index contributed by atoms with van der Waals surface area (Å²) in [5.74, 6) is 0.345. The van der Waals surface area contributed by atoms with Crippen LogP contribution in [0, 0.1) is 5.41 Å². The number of thiazole rings is 1. The molecular formula is C5H5N5S. The highest BCUT2D eigenvalue weighted by Crippen LogP contribution is 2.09. The lowest BCUT2D eigenvalue weighted by Crippen LogP contribution is -2.14. The van der Waals surface area contributed by atoms with Crippen molar-refractivity contribution in [3.63, 3.8) is 0 Å². The lowest BCUT2D eigenvalue weighted by Gasteiger charge is -1.89. The average Bonchev–Trinajstić information content (AvgIpc) is 2.41. The number of hydrogen-bond donors (Lipinski definition) is 2. The third kappa shape index (κ3) is 0.795. The molecule has 2 aromatic heterocycles. The van der Waals surface area contributed by atoms with Gasteiger partial charge in [-0.05, 0) is 0 Å². The Hall–Kier alpha value is -1.43. The first-order chi connectivity index (χ1) is 5.29. The molecule has 2 heterocycles. The Balaban J connectivity index is 2.78. The Morgan fingerprint density at radius 3 is 3.18 bits per heavy atom. The quantitative estimate of drug-likeness (QED) is 0.466. The van der Waals surface area contributed by atoms with Crippen molar-refractivity contribution >= 4 is 22.1 Å². The standard InChI is InChI=1S/C5H5N5S/c6-3(7)4-8-9-5-10(4)1-2-11-5/h1-2H,(H3,6,7). The maximum absolute atomic E-state index is 7.13. The van der Waals surface area contributed by atoms with Gasteiger partial charge in [-0.3, -0.25) is 9.81 Å². The number of hydrogen-bond acceptors (Lipinski definition) is 4. The van der Waals surface area contributed by atoms with Crippen LogP contribution in [0.2, 0.25) is 0 Å². The fourth-order valence-electron chi connectivity index (χ4n) is 0.828. The van der Waals surface area contributed by atoms with Gasteiger partial charge in [0.25, 0.3) is 0 Å². The molecule has 0 radical (unpaired) electrons. The van der Waals surface area contributed by atoms with Crippen LogP contribution in [0.1, 0.15) is 5.82 Å². The third-order valence-corrected chi connectivity index (χ3v) is 2.04. The van der Waals surface area contributed by atoms with Crippen molar-refractivity contribution < 1.29 is 0 Å². The largest absolute Gasteiger partial charge is 0.381 e. The maximum Gasteiger partial charge on any atom is 0.216 e. The first-order valence-electron chi connectivity index (χ1n) is 2.91. The molecule has 56 valence electrons. The van der Waals surface area contributed by atoms with Crippen LogP contribution < -0.4 is 5.73 Å². The molecule has 2 aromatic rings. The van der Waals surface area contributed by atoms with Gasteiger partial charge in [0, 0.05) is 11.6 Å². The van der Waals surface area contributed by atoms with Crippen molar-refractivity contribution in [1.29, 1.82) is 5.41 Å². The second kappa shape index (κ2) is 2.03. The normalized spacial score (nSPS) is 10.5. The van der Waals surface area contributed by atoms with Crippen LogP contribution >= 0.6 is 11.3 Å². The lowest BCUT2D eigenvalue weighted by atomic mass is 10.6. The van der Waals surface area contributed by atoms with Gasteiger partial charge in [-0.15, -0.1) is 21.5 Å². The molecular weight excluding hydrogens is 162 g/mol. The van der Waals surface area contributed by atoms with Crippen LogP contribution in [0.5, 0.6) is 0 Å². The molecule has 0 saturated heterocycles. The Morgan fingerprint density at radius 2 is 2.45 bits per heavy atom. The molecule has 0 fully saturated rings. The van der Waals surface area contributed by atoms with E-state index in [1.807, 2.05) is 5.38 Å². The number of nitrogens with one attached hydrogen (secondary N) is 1. The van der Waals surface area contributed by atoms with E-state index in [0.29, 0.717) is 5.82 Å². The summed E-state index contributed by atoms with van der Waals surface area (Å²) in [6.45, 7) is 0. The molecule has 5 nitrogen and oxygen atoms in total. The maximum atomic E-state index is 7.13. The summed E-state index contributed by atoms with van der Waals surface area (Å²) in [5, 5.41) is 16.5. The van der Waals surface area contributed by atoms with Gasteiger partial charge in [0.1, 0.15) is 0 Å². The van der Waals surface area contributed by atoms with E-state index in [4.69, 9.17) is 11.1 Å². The molecule has 6 heteroatoms. The molecule has 11 heavy (non-hydrogen) atoms. The van der Waals surface area contributed by atoms with Crippen molar-refractivity contribution in [2.24, 2.45) is 5.73 Å².